The lowest BCUT2D eigenvalue weighted by atomic mass is 10.1. The van der Waals surface area contributed by atoms with Crippen LogP contribution in [0.5, 0.6) is 0 Å². The highest BCUT2D eigenvalue weighted by molar-refractivity contribution is 7.99. The van der Waals surface area contributed by atoms with Crippen molar-refractivity contribution in [3.05, 3.63) is 34.9 Å². The Bertz CT molecular complexity index is 388. The molecule has 0 aliphatic heterocycles. The Morgan fingerprint density at radius 2 is 2.12 bits per heavy atom. The summed E-state index contributed by atoms with van der Waals surface area (Å²) in [6, 6.07) is 6.72. The number of carbonyl (C=O) groups is 1. The standard InChI is InChI=1S/C13H16O2S/c14-13(15)9-16-7-6-10-4-5-11-2-1-3-12(11)8-10/h4-5,8H,1-3,6-7,9H2,(H,14,15). The van der Waals surface area contributed by atoms with E-state index in [-0.39, 0.29) is 5.75 Å². The van der Waals surface area contributed by atoms with Gasteiger partial charge in [0.05, 0.1) is 5.75 Å². The van der Waals surface area contributed by atoms with Crippen LogP contribution in [0.3, 0.4) is 0 Å². The summed E-state index contributed by atoms with van der Waals surface area (Å²) < 4.78 is 0. The Labute approximate surface area is 100 Å². The Hall–Kier alpha value is -0.960. The van der Waals surface area contributed by atoms with Gasteiger partial charge in [-0.05, 0) is 48.1 Å². The van der Waals surface area contributed by atoms with Crippen molar-refractivity contribution in [1.29, 1.82) is 0 Å². The van der Waals surface area contributed by atoms with Gasteiger partial charge < -0.3 is 5.11 Å². The van der Waals surface area contributed by atoms with Crippen LogP contribution in [0.15, 0.2) is 18.2 Å². The second-order valence-corrected chi connectivity index (χ2v) is 5.26. The first-order valence-corrected chi connectivity index (χ1v) is 6.81. The van der Waals surface area contributed by atoms with Crippen LogP contribution in [-0.4, -0.2) is 22.6 Å². The number of benzene rings is 1. The molecule has 1 N–H and O–H groups in total. The molecule has 0 saturated carbocycles. The average Bonchev–Trinajstić information content (AvgIpc) is 2.71. The van der Waals surface area contributed by atoms with Crippen molar-refractivity contribution in [2.45, 2.75) is 25.7 Å². The first kappa shape index (κ1) is 11.5. The van der Waals surface area contributed by atoms with Gasteiger partial charge in [-0.15, -0.1) is 11.8 Å². The third-order valence-corrected chi connectivity index (χ3v) is 3.87. The number of hydrogen-bond acceptors (Lipinski definition) is 2. The molecule has 0 unspecified atom stereocenters. The smallest absolute Gasteiger partial charge is 0.313 e. The van der Waals surface area contributed by atoms with Crippen LogP contribution in [0.25, 0.3) is 0 Å². The monoisotopic (exact) mass is 236 g/mol. The Balaban J connectivity index is 1.83. The normalized spacial score (nSPS) is 13.8. The van der Waals surface area contributed by atoms with Gasteiger partial charge in [0.1, 0.15) is 0 Å². The predicted octanol–water partition coefficient (Wildman–Crippen LogP) is 2.54. The molecule has 16 heavy (non-hydrogen) atoms. The van der Waals surface area contributed by atoms with E-state index in [1.165, 1.54) is 47.7 Å². The van der Waals surface area contributed by atoms with E-state index in [1.807, 2.05) is 0 Å². The maximum Gasteiger partial charge on any atom is 0.313 e. The molecule has 0 heterocycles. The molecule has 2 nitrogen and oxygen atoms in total. The number of thioether (sulfide) groups is 1. The molecule has 0 atom stereocenters. The van der Waals surface area contributed by atoms with Gasteiger partial charge in [0.2, 0.25) is 0 Å². The van der Waals surface area contributed by atoms with Crippen LogP contribution in [0.1, 0.15) is 23.1 Å². The topological polar surface area (TPSA) is 37.3 Å². The second kappa shape index (κ2) is 5.39. The molecule has 1 aromatic rings. The lowest BCUT2D eigenvalue weighted by Crippen LogP contribution is -2.00. The largest absolute Gasteiger partial charge is 0.481 e. The average molecular weight is 236 g/mol. The molecule has 0 radical (unpaired) electrons. The van der Waals surface area contributed by atoms with E-state index in [9.17, 15) is 4.79 Å². The highest BCUT2D eigenvalue weighted by atomic mass is 32.2. The maximum atomic E-state index is 10.3. The molecule has 0 bridgehead atoms. The molecular weight excluding hydrogens is 220 g/mol. The van der Waals surface area contributed by atoms with Gasteiger partial charge in [0, 0.05) is 0 Å². The lowest BCUT2D eigenvalue weighted by molar-refractivity contribution is -0.133. The fraction of sp³-hybridized carbons (Fsp3) is 0.462. The van der Waals surface area contributed by atoms with Crippen molar-refractivity contribution < 1.29 is 9.90 Å². The minimum Gasteiger partial charge on any atom is -0.481 e. The number of carboxylic acid groups (broad SMARTS) is 1. The van der Waals surface area contributed by atoms with Crippen molar-refractivity contribution in [3.8, 4) is 0 Å². The molecule has 1 aliphatic rings. The molecule has 0 amide bonds. The van der Waals surface area contributed by atoms with Gasteiger partial charge in [-0.25, -0.2) is 0 Å². The van der Waals surface area contributed by atoms with Gasteiger partial charge >= 0.3 is 5.97 Å². The highest BCUT2D eigenvalue weighted by Gasteiger charge is 2.10. The number of aliphatic carboxylic acids is 1. The minimum atomic E-state index is -0.723. The Morgan fingerprint density at radius 3 is 2.94 bits per heavy atom. The number of carboxylic acids is 1. The fourth-order valence-corrected chi connectivity index (χ4v) is 2.83. The zero-order valence-electron chi connectivity index (χ0n) is 9.24. The van der Waals surface area contributed by atoms with Gasteiger partial charge in [-0.2, -0.15) is 0 Å². The number of hydrogen-bond donors (Lipinski definition) is 1. The molecule has 0 fully saturated rings. The predicted molar refractivity (Wildman–Crippen MR) is 67.1 cm³/mol. The van der Waals surface area contributed by atoms with Crippen molar-refractivity contribution in [2.75, 3.05) is 11.5 Å². The molecule has 0 aromatic heterocycles. The van der Waals surface area contributed by atoms with E-state index >= 15 is 0 Å². The SMILES string of the molecule is O=C(O)CSCCc1ccc2c(c1)CCC2. The molecule has 0 spiro atoms. The summed E-state index contributed by atoms with van der Waals surface area (Å²) in [7, 11) is 0. The molecule has 1 aliphatic carbocycles. The molecule has 3 heteroatoms. The molecular formula is C13H16O2S. The van der Waals surface area contributed by atoms with Crippen LogP contribution in [0.4, 0.5) is 0 Å². The highest BCUT2D eigenvalue weighted by Crippen LogP contribution is 2.23. The Kier molecular flexibility index (Phi) is 3.88. The summed E-state index contributed by atoms with van der Waals surface area (Å²) in [4.78, 5) is 10.3. The van der Waals surface area contributed by atoms with Crippen molar-refractivity contribution in [3.63, 3.8) is 0 Å². The number of rotatable bonds is 5. The second-order valence-electron chi connectivity index (χ2n) is 4.15. The van der Waals surface area contributed by atoms with Gasteiger partial charge in [-0.3, -0.25) is 4.79 Å². The van der Waals surface area contributed by atoms with Crippen LogP contribution in [0.2, 0.25) is 0 Å². The van der Waals surface area contributed by atoms with E-state index in [2.05, 4.69) is 18.2 Å². The fourth-order valence-electron chi connectivity index (χ4n) is 2.13. The summed E-state index contributed by atoms with van der Waals surface area (Å²) in [5.74, 6) is 0.384. The van der Waals surface area contributed by atoms with Gasteiger partial charge in [0.15, 0.2) is 0 Å². The van der Waals surface area contributed by atoms with Crippen LogP contribution < -0.4 is 0 Å². The van der Waals surface area contributed by atoms with Crippen LogP contribution >= 0.6 is 11.8 Å². The zero-order valence-corrected chi connectivity index (χ0v) is 10.1. The molecule has 86 valence electrons. The summed E-state index contributed by atoms with van der Waals surface area (Å²) >= 11 is 1.49. The zero-order chi connectivity index (χ0) is 11.4. The third kappa shape index (κ3) is 3.01. The molecule has 1 aromatic carbocycles. The summed E-state index contributed by atoms with van der Waals surface area (Å²) in [5, 5.41) is 8.52. The summed E-state index contributed by atoms with van der Waals surface area (Å²) in [5.41, 5.74) is 4.35. The van der Waals surface area contributed by atoms with Gasteiger partial charge in [0.25, 0.3) is 0 Å². The summed E-state index contributed by atoms with van der Waals surface area (Å²) in [6.07, 6.45) is 4.70. The van der Waals surface area contributed by atoms with E-state index in [0.29, 0.717) is 0 Å². The van der Waals surface area contributed by atoms with E-state index < -0.39 is 5.97 Å². The van der Waals surface area contributed by atoms with Gasteiger partial charge in [-0.1, -0.05) is 18.2 Å². The van der Waals surface area contributed by atoms with Crippen LogP contribution in [-0.2, 0) is 24.1 Å². The quantitative estimate of drug-likeness (QED) is 0.798. The molecule has 0 saturated heterocycles. The first-order valence-electron chi connectivity index (χ1n) is 5.66. The maximum absolute atomic E-state index is 10.3. The van der Waals surface area contributed by atoms with E-state index in [0.717, 1.165) is 12.2 Å². The number of aryl methyl sites for hydroxylation is 3. The number of fused-ring (bicyclic) bond motifs is 1. The van der Waals surface area contributed by atoms with E-state index in [1.54, 1.807) is 0 Å². The lowest BCUT2D eigenvalue weighted by Gasteiger charge is -2.04. The van der Waals surface area contributed by atoms with Crippen molar-refractivity contribution in [1.82, 2.24) is 0 Å². The summed E-state index contributed by atoms with van der Waals surface area (Å²) in [6.45, 7) is 0. The first-order chi connectivity index (χ1) is 7.75. The van der Waals surface area contributed by atoms with Crippen molar-refractivity contribution in [2.24, 2.45) is 0 Å². The van der Waals surface area contributed by atoms with Crippen LogP contribution in [0, 0.1) is 0 Å². The molecule has 2 rings (SSSR count). The third-order valence-electron chi connectivity index (χ3n) is 2.92. The Morgan fingerprint density at radius 1 is 1.31 bits per heavy atom. The van der Waals surface area contributed by atoms with E-state index in [4.69, 9.17) is 5.11 Å². The van der Waals surface area contributed by atoms with Crippen molar-refractivity contribution >= 4 is 17.7 Å². The minimum absolute atomic E-state index is 0.213.